The lowest BCUT2D eigenvalue weighted by Gasteiger charge is -2.28. The first-order chi connectivity index (χ1) is 12.3. The molecule has 1 aromatic rings. The molecule has 0 bridgehead atoms. The molecule has 4 rings (SSSR count). The summed E-state index contributed by atoms with van der Waals surface area (Å²) in [5.41, 5.74) is 0. The molecular weight excluding hydrogens is 334 g/mol. The Morgan fingerprint density at radius 1 is 0.880 bits per heavy atom. The first-order valence-corrected chi connectivity index (χ1v) is 10.6. The molecule has 4 heterocycles. The van der Waals surface area contributed by atoms with Crippen molar-refractivity contribution in [2.24, 2.45) is 0 Å². The van der Waals surface area contributed by atoms with Crippen LogP contribution in [0, 0.1) is 0 Å². The molecule has 0 amide bonds. The van der Waals surface area contributed by atoms with Gasteiger partial charge in [0.25, 0.3) is 0 Å². The molecule has 0 saturated carbocycles. The van der Waals surface area contributed by atoms with E-state index in [4.69, 9.17) is 4.74 Å². The number of rotatable bonds is 5. The molecule has 3 fully saturated rings. The quantitative estimate of drug-likeness (QED) is 0.858. The summed E-state index contributed by atoms with van der Waals surface area (Å²) < 4.78 is 5.44. The summed E-state index contributed by atoms with van der Waals surface area (Å²) in [4.78, 5) is 10.6. The zero-order valence-corrected chi connectivity index (χ0v) is 15.9. The lowest BCUT2D eigenvalue weighted by molar-refractivity contribution is 0.0837. The molecule has 0 unspecified atom stereocenters. The van der Waals surface area contributed by atoms with Gasteiger partial charge in [0.2, 0.25) is 0 Å². The van der Waals surface area contributed by atoms with Crippen LogP contribution >= 0.6 is 11.3 Å². The number of hydrogen-bond acceptors (Lipinski definition) is 6. The Hall–Kier alpha value is -0.500. The van der Waals surface area contributed by atoms with E-state index in [1.165, 1.54) is 42.1 Å². The highest BCUT2D eigenvalue weighted by molar-refractivity contribution is 7.11. The predicted octanol–water partition coefficient (Wildman–Crippen LogP) is 1.61. The average Bonchev–Trinajstić information content (AvgIpc) is 3.32. The van der Waals surface area contributed by atoms with Crippen molar-refractivity contribution in [1.82, 2.24) is 14.7 Å². The number of likely N-dealkylation sites (tertiary alicyclic amines) is 1. The minimum Gasteiger partial charge on any atom is -0.389 e. The van der Waals surface area contributed by atoms with Crippen LogP contribution in [0.2, 0.25) is 0 Å². The third-order valence-corrected chi connectivity index (χ3v) is 6.84. The highest BCUT2D eigenvalue weighted by Gasteiger charge is 2.32. The highest BCUT2D eigenvalue weighted by atomic mass is 32.1. The van der Waals surface area contributed by atoms with Gasteiger partial charge in [0.1, 0.15) is 0 Å². The van der Waals surface area contributed by atoms with Crippen molar-refractivity contribution >= 4 is 11.3 Å². The van der Waals surface area contributed by atoms with Gasteiger partial charge in [-0.3, -0.25) is 14.7 Å². The van der Waals surface area contributed by atoms with Gasteiger partial charge in [-0.05, 0) is 57.6 Å². The summed E-state index contributed by atoms with van der Waals surface area (Å²) in [6.45, 7) is 10.3. The Morgan fingerprint density at radius 3 is 2.24 bits per heavy atom. The smallest absolute Gasteiger partial charge is 0.0950 e. The summed E-state index contributed by atoms with van der Waals surface area (Å²) in [6, 6.07) is 4.86. The van der Waals surface area contributed by atoms with Crippen molar-refractivity contribution in [3.05, 3.63) is 21.9 Å². The van der Waals surface area contributed by atoms with Gasteiger partial charge in [0.15, 0.2) is 0 Å². The molecule has 0 spiro atoms. The van der Waals surface area contributed by atoms with Gasteiger partial charge < -0.3 is 9.84 Å². The Kier molecular flexibility index (Phi) is 6.05. The van der Waals surface area contributed by atoms with E-state index in [2.05, 4.69) is 26.8 Å². The molecule has 6 heteroatoms. The van der Waals surface area contributed by atoms with Gasteiger partial charge in [0.05, 0.1) is 25.4 Å². The second-order valence-electron chi connectivity index (χ2n) is 7.69. The predicted molar refractivity (Wildman–Crippen MR) is 101 cm³/mol. The molecule has 1 aromatic heterocycles. The summed E-state index contributed by atoms with van der Waals surface area (Å²) >= 11 is 1.99. The number of aliphatic hydroxyl groups excluding tert-OH is 1. The van der Waals surface area contributed by atoms with Gasteiger partial charge in [0, 0.05) is 35.9 Å². The Balaban J connectivity index is 1.27. The molecule has 5 nitrogen and oxygen atoms in total. The first kappa shape index (κ1) is 17.9. The fraction of sp³-hybridized carbons (Fsp3) is 0.789. The van der Waals surface area contributed by atoms with E-state index in [-0.39, 0.29) is 12.1 Å². The first-order valence-electron chi connectivity index (χ1n) is 9.80. The van der Waals surface area contributed by atoms with E-state index in [0.717, 1.165) is 39.3 Å². The number of ether oxygens (including phenoxy) is 1. The van der Waals surface area contributed by atoms with Crippen LogP contribution in [0.1, 0.15) is 29.0 Å². The van der Waals surface area contributed by atoms with Crippen LogP contribution in [-0.4, -0.2) is 84.4 Å². The lowest BCUT2D eigenvalue weighted by atomic mass is 10.2. The van der Waals surface area contributed by atoms with Crippen molar-refractivity contribution in [2.45, 2.75) is 44.5 Å². The maximum Gasteiger partial charge on any atom is 0.0950 e. The molecular formula is C19H31N3O2S. The Bertz CT molecular complexity index is 547. The topological polar surface area (TPSA) is 39.2 Å². The van der Waals surface area contributed by atoms with Gasteiger partial charge in [-0.15, -0.1) is 11.3 Å². The van der Waals surface area contributed by atoms with Crippen LogP contribution in [0.25, 0.3) is 0 Å². The van der Waals surface area contributed by atoms with Crippen LogP contribution in [0.3, 0.4) is 0 Å². The van der Waals surface area contributed by atoms with Gasteiger partial charge in [-0.2, -0.15) is 0 Å². The van der Waals surface area contributed by atoms with Crippen molar-refractivity contribution in [3.63, 3.8) is 0 Å². The molecule has 25 heavy (non-hydrogen) atoms. The Morgan fingerprint density at radius 2 is 1.56 bits per heavy atom. The summed E-state index contributed by atoms with van der Waals surface area (Å²) in [5.74, 6) is 0. The summed E-state index contributed by atoms with van der Waals surface area (Å²) in [5, 5.41) is 10.1. The molecule has 3 aliphatic heterocycles. The third-order valence-electron chi connectivity index (χ3n) is 5.79. The fourth-order valence-electron chi connectivity index (χ4n) is 4.33. The zero-order chi connectivity index (χ0) is 17.1. The number of aliphatic hydroxyl groups is 1. The van der Waals surface area contributed by atoms with Crippen molar-refractivity contribution in [3.8, 4) is 0 Å². The van der Waals surface area contributed by atoms with Gasteiger partial charge in [-0.25, -0.2) is 0 Å². The lowest BCUT2D eigenvalue weighted by Crippen LogP contribution is -2.44. The molecule has 3 saturated heterocycles. The van der Waals surface area contributed by atoms with Crippen LogP contribution < -0.4 is 0 Å². The minimum atomic E-state index is -0.308. The largest absolute Gasteiger partial charge is 0.389 e. The maximum absolute atomic E-state index is 10.1. The molecule has 0 aliphatic carbocycles. The van der Waals surface area contributed by atoms with Gasteiger partial charge >= 0.3 is 0 Å². The molecule has 0 radical (unpaired) electrons. The average molecular weight is 366 g/mol. The van der Waals surface area contributed by atoms with E-state index >= 15 is 0 Å². The van der Waals surface area contributed by atoms with Crippen LogP contribution in [0.5, 0.6) is 0 Å². The number of nitrogens with zero attached hydrogens (tertiary/aromatic N) is 3. The summed E-state index contributed by atoms with van der Waals surface area (Å²) in [7, 11) is 0. The SMILES string of the molecule is O[C@H]1COC[C@@H]1N1CCCN(Cc2ccc(CN3CCCC3)s2)CC1. The molecule has 1 N–H and O–H groups in total. The summed E-state index contributed by atoms with van der Waals surface area (Å²) in [6.07, 6.45) is 3.60. The standard InChI is InChI=1S/C19H31N3O2S/c23-19-15-24-14-18(19)22-9-3-8-21(10-11-22)13-17-5-4-16(25-17)12-20-6-1-2-7-20/h4-5,18-19,23H,1-3,6-15H2/t18-,19-/m0/s1. The fourth-order valence-corrected chi connectivity index (χ4v) is 5.44. The van der Waals surface area contributed by atoms with E-state index in [9.17, 15) is 5.11 Å². The molecule has 3 aliphatic rings. The number of hydrogen-bond donors (Lipinski definition) is 1. The van der Waals surface area contributed by atoms with E-state index in [0.29, 0.717) is 13.2 Å². The molecule has 140 valence electrons. The highest BCUT2D eigenvalue weighted by Crippen LogP contribution is 2.23. The molecule has 2 atom stereocenters. The normalized spacial score (nSPS) is 30.1. The zero-order valence-electron chi connectivity index (χ0n) is 15.1. The van der Waals surface area contributed by atoms with E-state index in [1.807, 2.05) is 11.3 Å². The van der Waals surface area contributed by atoms with E-state index in [1.54, 1.807) is 0 Å². The second-order valence-corrected chi connectivity index (χ2v) is 8.94. The maximum atomic E-state index is 10.1. The van der Waals surface area contributed by atoms with Crippen LogP contribution in [-0.2, 0) is 17.8 Å². The third kappa shape index (κ3) is 4.62. The second kappa shape index (κ2) is 8.46. The van der Waals surface area contributed by atoms with Crippen LogP contribution in [0.15, 0.2) is 12.1 Å². The number of thiophene rings is 1. The molecule has 0 aromatic carbocycles. The van der Waals surface area contributed by atoms with Crippen molar-refractivity contribution in [1.29, 1.82) is 0 Å². The van der Waals surface area contributed by atoms with Gasteiger partial charge in [-0.1, -0.05) is 0 Å². The van der Waals surface area contributed by atoms with Crippen molar-refractivity contribution < 1.29 is 9.84 Å². The Labute approximate surface area is 155 Å². The van der Waals surface area contributed by atoms with E-state index < -0.39 is 0 Å². The monoisotopic (exact) mass is 365 g/mol. The van der Waals surface area contributed by atoms with Crippen LogP contribution in [0.4, 0.5) is 0 Å². The van der Waals surface area contributed by atoms with Crippen molar-refractivity contribution in [2.75, 3.05) is 52.5 Å². The minimum absolute atomic E-state index is 0.203.